The van der Waals surface area contributed by atoms with Crippen LogP contribution in [0, 0.1) is 5.92 Å². The van der Waals surface area contributed by atoms with Crippen molar-refractivity contribution in [2.75, 3.05) is 13.1 Å². The summed E-state index contributed by atoms with van der Waals surface area (Å²) in [5.74, 6) is 0.489. The SMILES string of the molecule is O=C(C1CCCN(C2=NS(=O)(=O)c3ccccc32)C1)N(Cc1ccncc1)C1CC1. The monoisotopic (exact) mass is 424 g/mol. The van der Waals surface area contributed by atoms with Gasteiger partial charge in [-0.3, -0.25) is 9.78 Å². The smallest absolute Gasteiger partial charge is 0.285 e. The number of hydrogen-bond acceptors (Lipinski definition) is 5. The fourth-order valence-electron chi connectivity index (χ4n) is 4.38. The first-order valence-electron chi connectivity index (χ1n) is 10.4. The minimum Gasteiger partial charge on any atom is -0.355 e. The van der Waals surface area contributed by atoms with E-state index in [1.165, 1.54) is 0 Å². The van der Waals surface area contributed by atoms with E-state index in [-0.39, 0.29) is 16.7 Å². The Morgan fingerprint density at radius 3 is 2.63 bits per heavy atom. The van der Waals surface area contributed by atoms with Gasteiger partial charge < -0.3 is 9.80 Å². The van der Waals surface area contributed by atoms with Crippen LogP contribution in [0.1, 0.15) is 36.8 Å². The first-order chi connectivity index (χ1) is 14.5. The summed E-state index contributed by atoms with van der Waals surface area (Å²) in [5.41, 5.74) is 1.72. The molecule has 0 bridgehead atoms. The van der Waals surface area contributed by atoms with Gasteiger partial charge in [0.15, 0.2) is 5.84 Å². The molecule has 0 N–H and O–H groups in total. The number of fused-ring (bicyclic) bond motifs is 1. The van der Waals surface area contributed by atoms with Crippen molar-refractivity contribution in [3.05, 3.63) is 59.9 Å². The lowest BCUT2D eigenvalue weighted by molar-refractivity contribution is -0.138. The van der Waals surface area contributed by atoms with Gasteiger partial charge >= 0.3 is 0 Å². The third-order valence-electron chi connectivity index (χ3n) is 6.06. The fraction of sp³-hybridized carbons (Fsp3) is 0.409. The quantitative estimate of drug-likeness (QED) is 0.753. The summed E-state index contributed by atoms with van der Waals surface area (Å²) in [5, 5.41) is 0. The predicted octanol–water partition coefficient (Wildman–Crippen LogP) is 2.43. The Balaban J connectivity index is 1.36. The zero-order valence-corrected chi connectivity index (χ0v) is 17.5. The van der Waals surface area contributed by atoms with Gasteiger partial charge in [-0.1, -0.05) is 12.1 Å². The molecule has 1 saturated heterocycles. The summed E-state index contributed by atoms with van der Waals surface area (Å²) >= 11 is 0. The molecule has 1 atom stereocenters. The summed E-state index contributed by atoms with van der Waals surface area (Å²) in [6.45, 7) is 1.81. The minimum atomic E-state index is -3.66. The zero-order valence-electron chi connectivity index (χ0n) is 16.6. The lowest BCUT2D eigenvalue weighted by atomic mass is 9.95. The van der Waals surface area contributed by atoms with Gasteiger partial charge in [0, 0.05) is 43.6 Å². The number of likely N-dealkylation sites (tertiary alicyclic amines) is 1. The van der Waals surface area contributed by atoms with Crippen LogP contribution < -0.4 is 0 Å². The highest BCUT2D eigenvalue weighted by Gasteiger charge is 2.39. The van der Waals surface area contributed by atoms with Crippen molar-refractivity contribution in [2.24, 2.45) is 10.3 Å². The van der Waals surface area contributed by atoms with E-state index in [0.29, 0.717) is 37.1 Å². The van der Waals surface area contributed by atoms with Gasteiger partial charge in [-0.25, -0.2) is 0 Å². The number of rotatable bonds is 4. The van der Waals surface area contributed by atoms with Gasteiger partial charge in [0.05, 0.1) is 5.92 Å². The van der Waals surface area contributed by atoms with Gasteiger partial charge in [0.25, 0.3) is 10.0 Å². The summed E-state index contributed by atoms with van der Waals surface area (Å²) in [6, 6.07) is 11.1. The molecule has 3 aliphatic rings. The summed E-state index contributed by atoms with van der Waals surface area (Å²) in [6.07, 6.45) is 7.26. The van der Waals surface area contributed by atoms with Crippen molar-refractivity contribution in [3.63, 3.8) is 0 Å². The maximum Gasteiger partial charge on any atom is 0.285 e. The number of benzene rings is 1. The molecule has 7 nitrogen and oxygen atoms in total. The van der Waals surface area contributed by atoms with E-state index in [9.17, 15) is 13.2 Å². The third kappa shape index (κ3) is 3.60. The number of hydrogen-bond donors (Lipinski definition) is 0. The fourth-order valence-corrected chi connectivity index (χ4v) is 5.61. The highest BCUT2D eigenvalue weighted by atomic mass is 32.2. The molecule has 1 aliphatic carbocycles. The lowest BCUT2D eigenvalue weighted by Gasteiger charge is -2.36. The van der Waals surface area contributed by atoms with Crippen molar-refractivity contribution in [2.45, 2.75) is 43.2 Å². The second kappa shape index (κ2) is 7.50. The number of nitrogens with zero attached hydrogens (tertiary/aromatic N) is 4. The molecule has 0 radical (unpaired) electrons. The van der Waals surface area contributed by atoms with Crippen LogP contribution in [0.15, 0.2) is 58.1 Å². The van der Waals surface area contributed by atoms with E-state index in [1.807, 2.05) is 28.0 Å². The van der Waals surface area contributed by atoms with Crippen LogP contribution >= 0.6 is 0 Å². The van der Waals surface area contributed by atoms with Crippen molar-refractivity contribution in [1.82, 2.24) is 14.8 Å². The number of aromatic nitrogens is 1. The van der Waals surface area contributed by atoms with Gasteiger partial charge in [-0.05, 0) is 55.5 Å². The highest BCUT2D eigenvalue weighted by Crippen LogP contribution is 2.33. The maximum atomic E-state index is 13.4. The van der Waals surface area contributed by atoms with Crippen molar-refractivity contribution >= 4 is 21.8 Å². The molecule has 156 valence electrons. The van der Waals surface area contributed by atoms with Crippen LogP contribution in [0.4, 0.5) is 0 Å². The van der Waals surface area contributed by atoms with E-state index in [4.69, 9.17) is 0 Å². The molecule has 3 heterocycles. The molecule has 2 aliphatic heterocycles. The summed E-state index contributed by atoms with van der Waals surface area (Å²) < 4.78 is 28.9. The number of sulfonamides is 1. The Labute approximate surface area is 176 Å². The van der Waals surface area contributed by atoms with Gasteiger partial charge in [0.2, 0.25) is 5.91 Å². The van der Waals surface area contributed by atoms with E-state index < -0.39 is 10.0 Å². The molecule has 5 rings (SSSR count). The lowest BCUT2D eigenvalue weighted by Crippen LogP contribution is -2.47. The van der Waals surface area contributed by atoms with Gasteiger partial charge in [-0.2, -0.15) is 8.42 Å². The van der Waals surface area contributed by atoms with Gasteiger partial charge in [0.1, 0.15) is 4.90 Å². The molecule has 1 aromatic heterocycles. The molecule has 2 fully saturated rings. The Kier molecular flexibility index (Phi) is 4.81. The molecule has 8 heteroatoms. The number of amides is 1. The van der Waals surface area contributed by atoms with Crippen LogP contribution in [-0.2, 0) is 21.4 Å². The molecule has 2 aromatic rings. The minimum absolute atomic E-state index is 0.153. The van der Waals surface area contributed by atoms with Crippen molar-refractivity contribution < 1.29 is 13.2 Å². The zero-order chi connectivity index (χ0) is 20.7. The average molecular weight is 425 g/mol. The number of carbonyl (C=O) groups is 1. The third-order valence-corrected chi connectivity index (χ3v) is 7.38. The van der Waals surface area contributed by atoms with Crippen LogP contribution in [0.3, 0.4) is 0 Å². The van der Waals surface area contributed by atoms with Crippen LogP contribution in [-0.4, -0.2) is 54.1 Å². The van der Waals surface area contributed by atoms with Crippen molar-refractivity contribution in [1.29, 1.82) is 0 Å². The molecular weight excluding hydrogens is 400 g/mol. The maximum absolute atomic E-state index is 13.4. The number of piperidine rings is 1. The largest absolute Gasteiger partial charge is 0.355 e. The van der Waals surface area contributed by atoms with Crippen molar-refractivity contribution in [3.8, 4) is 0 Å². The Morgan fingerprint density at radius 1 is 1.10 bits per heavy atom. The molecule has 1 amide bonds. The molecule has 1 unspecified atom stereocenters. The molecule has 1 aromatic carbocycles. The second-order valence-electron chi connectivity index (χ2n) is 8.22. The van der Waals surface area contributed by atoms with E-state index >= 15 is 0 Å². The number of carbonyl (C=O) groups excluding carboxylic acids is 1. The summed E-state index contributed by atoms with van der Waals surface area (Å²) in [4.78, 5) is 21.7. The Morgan fingerprint density at radius 2 is 1.87 bits per heavy atom. The molecule has 0 spiro atoms. The summed E-state index contributed by atoms with van der Waals surface area (Å²) in [7, 11) is -3.66. The second-order valence-corrected chi connectivity index (χ2v) is 9.80. The molecule has 1 saturated carbocycles. The standard InChI is InChI=1S/C22H24N4O3S/c27-22(26(18-7-8-18)14-16-9-11-23-12-10-16)17-4-3-13-25(15-17)21-19-5-1-2-6-20(19)30(28,29)24-21/h1-2,5-6,9-12,17-18H,3-4,7-8,13-15H2. The molecule has 30 heavy (non-hydrogen) atoms. The Bertz CT molecular complexity index is 1100. The number of amidine groups is 1. The van der Waals surface area contributed by atoms with E-state index in [1.54, 1.807) is 30.6 Å². The van der Waals surface area contributed by atoms with Crippen LogP contribution in [0.5, 0.6) is 0 Å². The van der Waals surface area contributed by atoms with Crippen LogP contribution in [0.25, 0.3) is 0 Å². The molecular formula is C22H24N4O3S. The van der Waals surface area contributed by atoms with E-state index in [0.717, 1.165) is 31.2 Å². The van der Waals surface area contributed by atoms with E-state index in [2.05, 4.69) is 9.38 Å². The topological polar surface area (TPSA) is 82.9 Å². The average Bonchev–Trinajstić information content (AvgIpc) is 3.57. The van der Waals surface area contributed by atoms with Crippen LogP contribution in [0.2, 0.25) is 0 Å². The predicted molar refractivity (Wildman–Crippen MR) is 112 cm³/mol. The number of pyridine rings is 1. The highest BCUT2D eigenvalue weighted by molar-refractivity contribution is 7.90. The first kappa shape index (κ1) is 19.2. The first-order valence-corrected chi connectivity index (χ1v) is 11.9. The normalized spacial score (nSPS) is 22.3. The Hall–Kier alpha value is -2.74. The van der Waals surface area contributed by atoms with Gasteiger partial charge in [-0.15, -0.1) is 4.40 Å².